The van der Waals surface area contributed by atoms with E-state index < -0.39 is 11.9 Å². The molecule has 1 saturated heterocycles. The van der Waals surface area contributed by atoms with Crippen molar-refractivity contribution in [2.75, 3.05) is 12.4 Å². The molecule has 1 heterocycles. The fourth-order valence-corrected chi connectivity index (χ4v) is 2.72. The summed E-state index contributed by atoms with van der Waals surface area (Å²) in [5.41, 5.74) is 9.75. The SMILES string of the molecule is COc1ccc(NC(=O)C2NNNC2c2cccc(Cl)c2)cc1F. The highest BCUT2D eigenvalue weighted by Gasteiger charge is 2.34. The normalized spacial score (nSPS) is 20.0. The third-order valence-corrected chi connectivity index (χ3v) is 3.93. The van der Waals surface area contributed by atoms with Gasteiger partial charge < -0.3 is 10.1 Å². The number of amides is 1. The van der Waals surface area contributed by atoms with Crippen LogP contribution in [0, 0.1) is 5.82 Å². The second-order valence-corrected chi connectivity index (χ2v) is 5.70. The number of halogens is 2. The van der Waals surface area contributed by atoms with Gasteiger partial charge in [0.05, 0.1) is 13.2 Å². The second-order valence-electron chi connectivity index (χ2n) is 5.26. The Labute approximate surface area is 143 Å². The molecule has 0 aromatic heterocycles. The van der Waals surface area contributed by atoms with Crippen molar-refractivity contribution in [3.05, 3.63) is 58.9 Å². The molecule has 3 rings (SSSR count). The highest BCUT2D eigenvalue weighted by Crippen LogP contribution is 2.24. The standard InChI is InChI=1S/C16H16ClFN4O2/c1-24-13-6-5-11(8-12(13)18)19-16(23)15-14(20-22-21-15)9-3-2-4-10(17)7-9/h2-8,14-15,20-22H,1H3,(H,19,23). The molecule has 8 heteroatoms. The van der Waals surface area contributed by atoms with Gasteiger partial charge in [-0.1, -0.05) is 23.7 Å². The van der Waals surface area contributed by atoms with Gasteiger partial charge in [-0.3, -0.25) is 4.79 Å². The summed E-state index contributed by atoms with van der Waals surface area (Å²) in [7, 11) is 1.38. The van der Waals surface area contributed by atoms with Crippen molar-refractivity contribution in [3.63, 3.8) is 0 Å². The zero-order valence-corrected chi connectivity index (χ0v) is 13.5. The van der Waals surface area contributed by atoms with Crippen LogP contribution in [0.4, 0.5) is 10.1 Å². The summed E-state index contributed by atoms with van der Waals surface area (Å²) in [5, 5.41) is 3.26. The maximum absolute atomic E-state index is 13.7. The number of benzene rings is 2. The first kappa shape index (κ1) is 16.7. The molecule has 1 aliphatic heterocycles. The molecular formula is C16H16ClFN4O2. The summed E-state index contributed by atoms with van der Waals surface area (Å²) < 4.78 is 18.6. The van der Waals surface area contributed by atoms with E-state index >= 15 is 0 Å². The lowest BCUT2D eigenvalue weighted by atomic mass is 10.0. The van der Waals surface area contributed by atoms with Crippen molar-refractivity contribution in [2.45, 2.75) is 12.1 Å². The van der Waals surface area contributed by atoms with E-state index in [1.165, 1.54) is 19.2 Å². The fourth-order valence-electron chi connectivity index (χ4n) is 2.52. The predicted octanol–water partition coefficient (Wildman–Crippen LogP) is 2.15. The topological polar surface area (TPSA) is 74.4 Å². The Kier molecular flexibility index (Phi) is 4.96. The van der Waals surface area contributed by atoms with Gasteiger partial charge in [-0.15, -0.1) is 0 Å². The van der Waals surface area contributed by atoms with Crippen molar-refractivity contribution in [2.24, 2.45) is 0 Å². The maximum Gasteiger partial charge on any atom is 0.244 e. The number of rotatable bonds is 4. The lowest BCUT2D eigenvalue weighted by Crippen LogP contribution is -2.41. The number of hydrazine groups is 2. The molecule has 24 heavy (non-hydrogen) atoms. The predicted molar refractivity (Wildman–Crippen MR) is 89.0 cm³/mol. The van der Waals surface area contributed by atoms with Crippen LogP contribution in [-0.4, -0.2) is 19.1 Å². The lowest BCUT2D eigenvalue weighted by Gasteiger charge is -2.18. The molecule has 2 aromatic rings. The number of ether oxygens (including phenoxy) is 1. The van der Waals surface area contributed by atoms with Crippen LogP contribution in [0.3, 0.4) is 0 Å². The Morgan fingerprint density at radius 2 is 2.08 bits per heavy atom. The van der Waals surface area contributed by atoms with Gasteiger partial charge in [-0.2, -0.15) is 5.53 Å². The maximum atomic E-state index is 13.7. The van der Waals surface area contributed by atoms with Gasteiger partial charge in [0.2, 0.25) is 5.91 Å². The van der Waals surface area contributed by atoms with Gasteiger partial charge in [-0.05, 0) is 29.8 Å². The average molecular weight is 351 g/mol. The highest BCUT2D eigenvalue weighted by atomic mass is 35.5. The van der Waals surface area contributed by atoms with Crippen LogP contribution in [0.2, 0.25) is 5.02 Å². The molecule has 1 fully saturated rings. The van der Waals surface area contributed by atoms with Crippen LogP contribution in [-0.2, 0) is 4.79 Å². The van der Waals surface area contributed by atoms with E-state index in [0.717, 1.165) is 5.56 Å². The van der Waals surface area contributed by atoms with Crippen molar-refractivity contribution >= 4 is 23.2 Å². The average Bonchev–Trinajstić information content (AvgIpc) is 3.05. The minimum absolute atomic E-state index is 0.118. The second kappa shape index (κ2) is 7.14. The van der Waals surface area contributed by atoms with Crippen LogP contribution in [0.1, 0.15) is 11.6 Å². The number of hydrogen-bond acceptors (Lipinski definition) is 5. The molecule has 6 nitrogen and oxygen atoms in total. The number of hydrogen-bond donors (Lipinski definition) is 4. The number of carbonyl (C=O) groups is 1. The molecule has 0 spiro atoms. The Bertz CT molecular complexity index is 759. The zero-order valence-electron chi connectivity index (χ0n) is 12.8. The largest absolute Gasteiger partial charge is 0.494 e. The van der Waals surface area contributed by atoms with E-state index in [0.29, 0.717) is 10.7 Å². The van der Waals surface area contributed by atoms with Crippen LogP contribution in [0.15, 0.2) is 42.5 Å². The Hall–Kier alpha value is -2.19. The van der Waals surface area contributed by atoms with Crippen LogP contribution in [0.5, 0.6) is 5.75 Å². The van der Waals surface area contributed by atoms with Crippen LogP contribution < -0.4 is 26.4 Å². The summed E-state index contributed by atoms with van der Waals surface area (Å²) in [5.74, 6) is -0.744. The summed E-state index contributed by atoms with van der Waals surface area (Å²) in [4.78, 5) is 12.5. The van der Waals surface area contributed by atoms with Gasteiger partial charge in [0.15, 0.2) is 11.6 Å². The van der Waals surface area contributed by atoms with Crippen LogP contribution in [0.25, 0.3) is 0 Å². The third kappa shape index (κ3) is 3.49. The molecule has 0 bridgehead atoms. The van der Waals surface area contributed by atoms with Crippen molar-refractivity contribution in [1.82, 2.24) is 16.4 Å². The van der Waals surface area contributed by atoms with Crippen molar-refractivity contribution in [3.8, 4) is 5.75 Å². The number of anilines is 1. The van der Waals surface area contributed by atoms with E-state index in [1.807, 2.05) is 12.1 Å². The molecule has 1 amide bonds. The highest BCUT2D eigenvalue weighted by molar-refractivity contribution is 6.30. The first-order chi connectivity index (χ1) is 11.6. The van der Waals surface area contributed by atoms with Crippen molar-refractivity contribution < 1.29 is 13.9 Å². The Balaban J connectivity index is 1.75. The zero-order chi connectivity index (χ0) is 17.1. The molecule has 0 saturated carbocycles. The van der Waals surface area contributed by atoms with E-state index in [2.05, 4.69) is 21.7 Å². The molecule has 2 atom stereocenters. The lowest BCUT2D eigenvalue weighted by molar-refractivity contribution is -0.118. The number of methoxy groups -OCH3 is 1. The first-order valence-electron chi connectivity index (χ1n) is 7.24. The fraction of sp³-hybridized carbons (Fsp3) is 0.188. The molecule has 1 aliphatic rings. The van der Waals surface area contributed by atoms with E-state index in [4.69, 9.17) is 16.3 Å². The number of carbonyl (C=O) groups excluding carboxylic acids is 1. The van der Waals surface area contributed by atoms with Gasteiger partial charge in [0, 0.05) is 16.8 Å². The van der Waals surface area contributed by atoms with Crippen molar-refractivity contribution in [1.29, 1.82) is 0 Å². The monoisotopic (exact) mass is 350 g/mol. The van der Waals surface area contributed by atoms with E-state index in [1.54, 1.807) is 18.2 Å². The van der Waals surface area contributed by atoms with Gasteiger partial charge in [-0.25, -0.2) is 15.2 Å². The van der Waals surface area contributed by atoms with Gasteiger partial charge in [0.25, 0.3) is 0 Å². The van der Waals surface area contributed by atoms with Gasteiger partial charge >= 0.3 is 0 Å². The number of nitrogens with one attached hydrogen (secondary N) is 4. The minimum atomic E-state index is -0.603. The minimum Gasteiger partial charge on any atom is -0.494 e. The molecular weight excluding hydrogens is 335 g/mol. The first-order valence-corrected chi connectivity index (χ1v) is 7.62. The Morgan fingerprint density at radius 1 is 1.25 bits per heavy atom. The van der Waals surface area contributed by atoms with Crippen LogP contribution >= 0.6 is 11.6 Å². The summed E-state index contributed by atoms with van der Waals surface area (Å²) in [6.07, 6.45) is 0. The molecule has 126 valence electrons. The van der Waals surface area contributed by atoms with E-state index in [-0.39, 0.29) is 17.7 Å². The molecule has 0 aliphatic carbocycles. The smallest absolute Gasteiger partial charge is 0.244 e. The molecule has 2 unspecified atom stereocenters. The quantitative estimate of drug-likeness (QED) is 0.680. The molecule has 0 radical (unpaired) electrons. The Morgan fingerprint density at radius 3 is 2.79 bits per heavy atom. The summed E-state index contributed by atoms with van der Waals surface area (Å²) in [6.45, 7) is 0. The molecule has 2 aromatic carbocycles. The van der Waals surface area contributed by atoms with E-state index in [9.17, 15) is 9.18 Å². The summed E-state index contributed by atoms with van der Waals surface area (Å²) in [6, 6.07) is 10.5. The molecule has 4 N–H and O–H groups in total. The summed E-state index contributed by atoms with van der Waals surface area (Å²) >= 11 is 6.00. The third-order valence-electron chi connectivity index (χ3n) is 3.70. The van der Waals surface area contributed by atoms with Gasteiger partial charge in [0.1, 0.15) is 6.04 Å².